The second kappa shape index (κ2) is 5.77. The van der Waals surface area contributed by atoms with Crippen molar-refractivity contribution in [3.05, 3.63) is 69.2 Å². The minimum atomic E-state index is -0.515. The fourth-order valence-corrected chi connectivity index (χ4v) is 2.51. The Morgan fingerprint density at radius 1 is 1.11 bits per heavy atom. The van der Waals surface area contributed by atoms with Crippen LogP contribution in [-0.2, 0) is 6.42 Å². The van der Waals surface area contributed by atoms with Crippen LogP contribution in [0.5, 0.6) is 0 Å². The first kappa shape index (κ1) is 14.1. The highest BCUT2D eigenvalue weighted by molar-refractivity contribution is 6.31. The average Bonchev–Trinajstić information content (AvgIpc) is 2.37. The van der Waals surface area contributed by atoms with E-state index in [1.54, 1.807) is 0 Å². The summed E-state index contributed by atoms with van der Waals surface area (Å²) in [4.78, 5) is 0. The van der Waals surface area contributed by atoms with Gasteiger partial charge in [0.15, 0.2) is 0 Å². The lowest BCUT2D eigenvalue weighted by Crippen LogP contribution is -2.05. The highest BCUT2D eigenvalue weighted by Gasteiger charge is 2.14. The van der Waals surface area contributed by atoms with Crippen molar-refractivity contribution in [3.8, 4) is 0 Å². The minimum Gasteiger partial charge on any atom is -0.388 e. The smallest absolute Gasteiger partial charge is 0.0833 e. The average molecular weight is 275 g/mol. The number of halogens is 1. The molecule has 0 fully saturated rings. The largest absolute Gasteiger partial charge is 0.388 e. The minimum absolute atomic E-state index is 0.515. The zero-order valence-electron chi connectivity index (χ0n) is 11.6. The standard InChI is InChI=1S/C17H19ClO/c1-11-7-8-12(2)14(9-11)10-17(19)15-5-4-6-16(18)13(15)3/h4-9,17,19H,10H2,1-3H3. The Labute approximate surface area is 119 Å². The number of aliphatic hydroxyl groups excluding tert-OH is 1. The fourth-order valence-electron chi connectivity index (χ4n) is 2.32. The van der Waals surface area contributed by atoms with Crippen molar-refractivity contribution < 1.29 is 5.11 Å². The molecule has 0 saturated carbocycles. The SMILES string of the molecule is Cc1ccc(C)c(CC(O)c2cccc(Cl)c2C)c1. The van der Waals surface area contributed by atoms with Crippen molar-refractivity contribution in [3.63, 3.8) is 0 Å². The van der Waals surface area contributed by atoms with Crippen LogP contribution in [0.25, 0.3) is 0 Å². The molecule has 2 aromatic rings. The van der Waals surface area contributed by atoms with Crippen LogP contribution in [0.2, 0.25) is 5.02 Å². The molecule has 0 aromatic heterocycles. The molecule has 100 valence electrons. The molecule has 0 aliphatic rings. The first-order chi connectivity index (χ1) is 8.99. The fraction of sp³-hybridized carbons (Fsp3) is 0.294. The second-order valence-corrected chi connectivity index (χ2v) is 5.51. The lowest BCUT2D eigenvalue weighted by atomic mass is 9.94. The highest BCUT2D eigenvalue weighted by Crippen LogP contribution is 2.27. The van der Waals surface area contributed by atoms with E-state index in [-0.39, 0.29) is 0 Å². The van der Waals surface area contributed by atoms with Gasteiger partial charge in [-0.15, -0.1) is 0 Å². The zero-order chi connectivity index (χ0) is 14.0. The maximum absolute atomic E-state index is 10.4. The van der Waals surface area contributed by atoms with E-state index >= 15 is 0 Å². The molecule has 0 spiro atoms. The van der Waals surface area contributed by atoms with Crippen molar-refractivity contribution in [1.29, 1.82) is 0 Å². The van der Waals surface area contributed by atoms with E-state index in [1.807, 2.05) is 25.1 Å². The van der Waals surface area contributed by atoms with Gasteiger partial charge in [0.2, 0.25) is 0 Å². The number of aliphatic hydroxyl groups is 1. The van der Waals surface area contributed by atoms with Crippen LogP contribution in [0.15, 0.2) is 36.4 Å². The maximum Gasteiger partial charge on any atom is 0.0833 e. The molecule has 1 nitrogen and oxygen atoms in total. The van der Waals surface area contributed by atoms with Crippen LogP contribution in [0.4, 0.5) is 0 Å². The molecule has 1 N–H and O–H groups in total. The summed E-state index contributed by atoms with van der Waals surface area (Å²) < 4.78 is 0. The molecule has 0 radical (unpaired) electrons. The molecule has 19 heavy (non-hydrogen) atoms. The Morgan fingerprint density at radius 3 is 2.58 bits per heavy atom. The summed E-state index contributed by atoms with van der Waals surface area (Å²) in [6, 6.07) is 12.0. The molecule has 2 aromatic carbocycles. The predicted octanol–water partition coefficient (Wildman–Crippen LogP) is 4.54. The van der Waals surface area contributed by atoms with Crippen molar-refractivity contribution in [2.24, 2.45) is 0 Å². The van der Waals surface area contributed by atoms with Crippen LogP contribution < -0.4 is 0 Å². The van der Waals surface area contributed by atoms with Gasteiger partial charge in [0.05, 0.1) is 6.10 Å². The van der Waals surface area contributed by atoms with E-state index in [1.165, 1.54) is 16.7 Å². The van der Waals surface area contributed by atoms with E-state index in [0.29, 0.717) is 11.4 Å². The molecular weight excluding hydrogens is 256 g/mol. The third kappa shape index (κ3) is 3.17. The molecular formula is C17H19ClO. The monoisotopic (exact) mass is 274 g/mol. The zero-order valence-corrected chi connectivity index (χ0v) is 12.3. The molecule has 0 saturated heterocycles. The normalized spacial score (nSPS) is 12.5. The van der Waals surface area contributed by atoms with Crippen molar-refractivity contribution >= 4 is 11.6 Å². The van der Waals surface area contributed by atoms with Crippen LogP contribution >= 0.6 is 11.6 Å². The van der Waals surface area contributed by atoms with Crippen LogP contribution in [0, 0.1) is 20.8 Å². The van der Waals surface area contributed by atoms with Gasteiger partial charge in [-0.3, -0.25) is 0 Å². The number of hydrogen-bond acceptors (Lipinski definition) is 1. The van der Waals surface area contributed by atoms with Crippen LogP contribution in [0.3, 0.4) is 0 Å². The summed E-state index contributed by atoms with van der Waals surface area (Å²) in [5.74, 6) is 0. The summed E-state index contributed by atoms with van der Waals surface area (Å²) in [6.07, 6.45) is 0.105. The third-order valence-electron chi connectivity index (χ3n) is 3.59. The molecule has 2 rings (SSSR count). The van der Waals surface area contributed by atoms with Crippen molar-refractivity contribution in [2.45, 2.75) is 33.3 Å². The summed E-state index contributed by atoms with van der Waals surface area (Å²) in [6.45, 7) is 6.09. The summed E-state index contributed by atoms with van der Waals surface area (Å²) in [7, 11) is 0. The lowest BCUT2D eigenvalue weighted by Gasteiger charge is -2.16. The van der Waals surface area contributed by atoms with Gasteiger partial charge in [0.1, 0.15) is 0 Å². The first-order valence-corrected chi connectivity index (χ1v) is 6.86. The molecule has 2 heteroatoms. The topological polar surface area (TPSA) is 20.2 Å². The van der Waals surface area contributed by atoms with Gasteiger partial charge >= 0.3 is 0 Å². The molecule has 0 aliphatic heterocycles. The van der Waals surface area contributed by atoms with E-state index in [9.17, 15) is 5.11 Å². The number of benzene rings is 2. The molecule has 1 unspecified atom stereocenters. The Morgan fingerprint density at radius 2 is 1.84 bits per heavy atom. The van der Waals surface area contributed by atoms with Gasteiger partial charge in [-0.1, -0.05) is 47.5 Å². The number of aryl methyl sites for hydroxylation is 2. The number of rotatable bonds is 3. The summed E-state index contributed by atoms with van der Waals surface area (Å²) >= 11 is 6.11. The predicted molar refractivity (Wildman–Crippen MR) is 80.8 cm³/mol. The molecule has 0 heterocycles. The van der Waals surface area contributed by atoms with E-state index < -0.39 is 6.10 Å². The molecule has 0 aliphatic carbocycles. The second-order valence-electron chi connectivity index (χ2n) is 5.10. The van der Waals surface area contributed by atoms with Crippen LogP contribution in [0.1, 0.15) is 33.9 Å². The lowest BCUT2D eigenvalue weighted by molar-refractivity contribution is 0.177. The summed E-state index contributed by atoms with van der Waals surface area (Å²) in [5, 5.41) is 11.1. The van der Waals surface area contributed by atoms with Gasteiger partial charge < -0.3 is 5.11 Å². The Hall–Kier alpha value is -1.31. The van der Waals surface area contributed by atoms with Gasteiger partial charge in [-0.25, -0.2) is 0 Å². The van der Waals surface area contributed by atoms with Crippen molar-refractivity contribution in [1.82, 2.24) is 0 Å². The molecule has 1 atom stereocenters. The van der Waals surface area contributed by atoms with Crippen molar-refractivity contribution in [2.75, 3.05) is 0 Å². The van der Waals surface area contributed by atoms with E-state index in [2.05, 4.69) is 32.0 Å². The highest BCUT2D eigenvalue weighted by atomic mass is 35.5. The van der Waals surface area contributed by atoms with Gasteiger partial charge in [-0.2, -0.15) is 0 Å². The number of hydrogen-bond donors (Lipinski definition) is 1. The van der Waals surface area contributed by atoms with Gasteiger partial charge in [0.25, 0.3) is 0 Å². The van der Waals surface area contributed by atoms with Crippen LogP contribution in [-0.4, -0.2) is 5.11 Å². The summed E-state index contributed by atoms with van der Waals surface area (Å²) in [5.41, 5.74) is 5.49. The quantitative estimate of drug-likeness (QED) is 0.871. The third-order valence-corrected chi connectivity index (χ3v) is 4.00. The maximum atomic E-state index is 10.4. The van der Waals surface area contributed by atoms with E-state index in [0.717, 1.165) is 11.1 Å². The molecule has 0 bridgehead atoms. The first-order valence-electron chi connectivity index (χ1n) is 6.48. The Bertz CT molecular complexity index is 590. The Balaban J connectivity index is 2.28. The Kier molecular flexibility index (Phi) is 4.28. The van der Waals surface area contributed by atoms with Gasteiger partial charge in [0, 0.05) is 11.4 Å². The van der Waals surface area contributed by atoms with E-state index in [4.69, 9.17) is 11.6 Å². The van der Waals surface area contributed by atoms with Gasteiger partial charge in [-0.05, 0) is 49.1 Å². The molecule has 0 amide bonds.